The Morgan fingerprint density at radius 3 is 2.39 bits per heavy atom. The molecule has 18 heavy (non-hydrogen) atoms. The van der Waals surface area contributed by atoms with Crippen molar-refractivity contribution in [3.8, 4) is 0 Å². The molecule has 6 N–H and O–H groups in total. The third-order valence-corrected chi connectivity index (χ3v) is 2.08. The number of nitrogens with one attached hydrogen (secondary N) is 2. The van der Waals surface area contributed by atoms with E-state index in [9.17, 15) is 8.78 Å². The van der Waals surface area contributed by atoms with Gasteiger partial charge in [-0.05, 0) is 12.1 Å². The molecule has 0 saturated heterocycles. The Labute approximate surface area is 101 Å². The van der Waals surface area contributed by atoms with Gasteiger partial charge < -0.3 is 16.5 Å². The van der Waals surface area contributed by atoms with Gasteiger partial charge in [0.05, 0.1) is 0 Å². The molecular formula is C10H10F2N6. The Morgan fingerprint density at radius 2 is 1.72 bits per heavy atom. The monoisotopic (exact) mass is 252 g/mol. The number of nitrogens with two attached hydrogens (primary N) is 2. The van der Waals surface area contributed by atoms with E-state index in [1.807, 2.05) is 0 Å². The molecule has 0 unspecified atom stereocenters. The molecule has 0 spiro atoms. The minimum absolute atomic E-state index is 0.00414. The van der Waals surface area contributed by atoms with E-state index in [0.717, 1.165) is 12.1 Å². The summed E-state index contributed by atoms with van der Waals surface area (Å²) in [6.45, 7) is 0. The van der Waals surface area contributed by atoms with Crippen molar-refractivity contribution in [3.63, 3.8) is 0 Å². The first-order valence-corrected chi connectivity index (χ1v) is 4.92. The van der Waals surface area contributed by atoms with Crippen molar-refractivity contribution in [2.45, 2.75) is 0 Å². The van der Waals surface area contributed by atoms with E-state index in [1.54, 1.807) is 0 Å². The molecule has 2 rings (SSSR count). The van der Waals surface area contributed by atoms with Gasteiger partial charge in [-0.3, -0.25) is 0 Å². The van der Waals surface area contributed by atoms with Crippen LogP contribution in [0.1, 0.15) is 0 Å². The van der Waals surface area contributed by atoms with Crippen molar-refractivity contribution >= 4 is 23.3 Å². The number of halogens is 2. The van der Waals surface area contributed by atoms with Crippen molar-refractivity contribution < 1.29 is 8.78 Å². The Hall–Kier alpha value is -2.48. The van der Waals surface area contributed by atoms with Gasteiger partial charge in [-0.25, -0.2) is 14.6 Å². The van der Waals surface area contributed by atoms with Crippen LogP contribution in [0.15, 0.2) is 24.3 Å². The van der Waals surface area contributed by atoms with Gasteiger partial charge in [0, 0.05) is 17.8 Å². The standard InChI is InChI=1S/C10H10F2N6/c11-6-2-1-5(3-7(6)12)15-8-4-9(18-14)17-10(13)16-8/h1-4H,14H2,(H4,13,15,16,17,18). The number of benzene rings is 1. The highest BCUT2D eigenvalue weighted by atomic mass is 19.2. The molecule has 8 heteroatoms. The van der Waals surface area contributed by atoms with Gasteiger partial charge in [-0.1, -0.05) is 0 Å². The van der Waals surface area contributed by atoms with Crippen LogP contribution >= 0.6 is 0 Å². The molecule has 0 aliphatic carbocycles. The van der Waals surface area contributed by atoms with Gasteiger partial charge >= 0.3 is 0 Å². The highest BCUT2D eigenvalue weighted by Gasteiger charge is 2.05. The summed E-state index contributed by atoms with van der Waals surface area (Å²) in [4.78, 5) is 7.66. The summed E-state index contributed by atoms with van der Waals surface area (Å²) in [7, 11) is 0. The Balaban J connectivity index is 2.27. The lowest BCUT2D eigenvalue weighted by Crippen LogP contribution is -2.11. The maximum absolute atomic E-state index is 13.0. The summed E-state index contributed by atoms with van der Waals surface area (Å²) >= 11 is 0. The van der Waals surface area contributed by atoms with E-state index in [-0.39, 0.29) is 5.95 Å². The van der Waals surface area contributed by atoms with Crippen molar-refractivity contribution in [1.29, 1.82) is 0 Å². The number of hydrogen-bond acceptors (Lipinski definition) is 6. The predicted molar refractivity (Wildman–Crippen MR) is 63.9 cm³/mol. The number of hydrogen-bond donors (Lipinski definition) is 4. The van der Waals surface area contributed by atoms with E-state index < -0.39 is 11.6 Å². The zero-order valence-electron chi connectivity index (χ0n) is 9.11. The van der Waals surface area contributed by atoms with Crippen LogP contribution in [0.5, 0.6) is 0 Å². The molecule has 0 saturated carbocycles. The Kier molecular flexibility index (Phi) is 3.20. The largest absolute Gasteiger partial charge is 0.368 e. The highest BCUT2D eigenvalue weighted by Crippen LogP contribution is 2.19. The molecular weight excluding hydrogens is 242 g/mol. The van der Waals surface area contributed by atoms with Gasteiger partial charge in [-0.15, -0.1) is 0 Å². The van der Waals surface area contributed by atoms with Crippen molar-refractivity contribution in [1.82, 2.24) is 9.97 Å². The van der Waals surface area contributed by atoms with E-state index in [1.165, 1.54) is 12.1 Å². The topological polar surface area (TPSA) is 102 Å². The summed E-state index contributed by atoms with van der Waals surface area (Å²) < 4.78 is 25.7. The van der Waals surface area contributed by atoms with Crippen molar-refractivity contribution in [2.24, 2.45) is 5.84 Å². The molecule has 0 atom stereocenters. The van der Waals surface area contributed by atoms with Crippen molar-refractivity contribution in [2.75, 3.05) is 16.5 Å². The molecule has 0 aliphatic rings. The van der Waals surface area contributed by atoms with Crippen LogP contribution in [0.25, 0.3) is 0 Å². The van der Waals surface area contributed by atoms with Gasteiger partial charge in [0.1, 0.15) is 11.6 Å². The smallest absolute Gasteiger partial charge is 0.223 e. The highest BCUT2D eigenvalue weighted by molar-refractivity contribution is 5.60. The first kappa shape index (κ1) is 12.0. The maximum atomic E-state index is 13.0. The second-order valence-electron chi connectivity index (χ2n) is 3.39. The molecule has 6 nitrogen and oxygen atoms in total. The molecule has 1 aromatic carbocycles. The second-order valence-corrected chi connectivity index (χ2v) is 3.39. The van der Waals surface area contributed by atoms with E-state index in [2.05, 4.69) is 20.7 Å². The summed E-state index contributed by atoms with van der Waals surface area (Å²) in [6, 6.07) is 4.84. The summed E-state index contributed by atoms with van der Waals surface area (Å²) in [5.41, 5.74) is 8.09. The molecule has 0 bridgehead atoms. The number of hydrazine groups is 1. The van der Waals surface area contributed by atoms with Crippen LogP contribution in [0.2, 0.25) is 0 Å². The number of anilines is 4. The molecule has 0 aliphatic heterocycles. The summed E-state index contributed by atoms with van der Waals surface area (Å²) in [5, 5.41) is 2.75. The van der Waals surface area contributed by atoms with Gasteiger partial charge in [-0.2, -0.15) is 9.97 Å². The quantitative estimate of drug-likeness (QED) is 0.486. The zero-order valence-corrected chi connectivity index (χ0v) is 9.11. The molecule has 0 radical (unpaired) electrons. The molecule has 0 fully saturated rings. The van der Waals surface area contributed by atoms with Crippen LogP contribution in [-0.2, 0) is 0 Å². The average Bonchev–Trinajstić information content (AvgIpc) is 2.33. The summed E-state index contributed by atoms with van der Waals surface area (Å²) in [6.07, 6.45) is 0. The lowest BCUT2D eigenvalue weighted by atomic mass is 10.3. The Morgan fingerprint density at radius 1 is 1.00 bits per heavy atom. The van der Waals surface area contributed by atoms with Gasteiger partial charge in [0.15, 0.2) is 11.6 Å². The SMILES string of the molecule is NNc1cc(Nc2ccc(F)c(F)c2)nc(N)n1. The number of nitrogen functional groups attached to an aromatic ring is 2. The van der Waals surface area contributed by atoms with E-state index >= 15 is 0 Å². The third kappa shape index (κ3) is 2.61. The minimum Gasteiger partial charge on any atom is -0.368 e. The van der Waals surface area contributed by atoms with Crippen LogP contribution < -0.4 is 22.3 Å². The average molecular weight is 252 g/mol. The van der Waals surface area contributed by atoms with Gasteiger partial charge in [0.2, 0.25) is 5.95 Å². The zero-order chi connectivity index (χ0) is 13.1. The first-order valence-electron chi connectivity index (χ1n) is 4.92. The van der Waals surface area contributed by atoms with Crippen molar-refractivity contribution in [3.05, 3.63) is 35.9 Å². The fourth-order valence-corrected chi connectivity index (χ4v) is 1.33. The molecule has 1 aromatic heterocycles. The Bertz CT molecular complexity index is 574. The van der Waals surface area contributed by atoms with Crippen LogP contribution in [0, 0.1) is 11.6 Å². The predicted octanol–water partition coefficient (Wildman–Crippen LogP) is 1.37. The normalized spacial score (nSPS) is 10.2. The second kappa shape index (κ2) is 4.80. The fraction of sp³-hybridized carbons (Fsp3) is 0. The van der Waals surface area contributed by atoms with Crippen LogP contribution in [-0.4, -0.2) is 9.97 Å². The van der Waals surface area contributed by atoms with Crippen LogP contribution in [0.4, 0.5) is 32.1 Å². The molecule has 1 heterocycles. The number of rotatable bonds is 3. The number of nitrogens with zero attached hydrogens (tertiary/aromatic N) is 2. The van der Waals surface area contributed by atoms with Gasteiger partial charge in [0.25, 0.3) is 0 Å². The third-order valence-electron chi connectivity index (χ3n) is 2.08. The molecule has 0 amide bonds. The molecule has 94 valence electrons. The lowest BCUT2D eigenvalue weighted by molar-refractivity contribution is 0.509. The minimum atomic E-state index is -0.959. The molecule has 2 aromatic rings. The van der Waals surface area contributed by atoms with Crippen LogP contribution in [0.3, 0.4) is 0 Å². The van der Waals surface area contributed by atoms with E-state index in [0.29, 0.717) is 17.3 Å². The lowest BCUT2D eigenvalue weighted by Gasteiger charge is -2.08. The summed E-state index contributed by atoms with van der Waals surface area (Å²) in [5.74, 6) is 3.91. The maximum Gasteiger partial charge on any atom is 0.223 e. The first-order chi connectivity index (χ1) is 8.58. The van der Waals surface area contributed by atoms with E-state index in [4.69, 9.17) is 11.6 Å². The fourth-order valence-electron chi connectivity index (χ4n) is 1.33. The number of aromatic nitrogens is 2.